The Morgan fingerprint density at radius 3 is 1.29 bits per heavy atom. The summed E-state index contributed by atoms with van der Waals surface area (Å²) in [5.41, 5.74) is 17.8. The van der Waals surface area contributed by atoms with Gasteiger partial charge in [-0.3, -0.25) is 0 Å². The molecular weight excluding hydrogens is 869 g/mol. The van der Waals surface area contributed by atoms with Crippen molar-refractivity contribution in [3.63, 3.8) is 0 Å². The molecule has 0 aromatic heterocycles. The van der Waals surface area contributed by atoms with Crippen LogP contribution in [0.1, 0.15) is 23.6 Å². The van der Waals surface area contributed by atoms with Crippen molar-refractivity contribution in [2.24, 2.45) is 0 Å². The van der Waals surface area contributed by atoms with Gasteiger partial charge in [0.25, 0.3) is 0 Å². The lowest BCUT2D eigenvalue weighted by molar-refractivity contribution is 0.778. The third-order valence-corrected chi connectivity index (χ3v) is 14.4. The fourth-order valence-electron chi connectivity index (χ4n) is 11.1. The molecule has 1 aliphatic rings. The Bertz CT molecular complexity index is 3710. The minimum atomic E-state index is -0.721. The first kappa shape index (κ1) is 44.0. The first-order valence-corrected chi connectivity index (χ1v) is 24.8. The summed E-state index contributed by atoms with van der Waals surface area (Å²) in [6.07, 6.45) is 8.54. The van der Waals surface area contributed by atoms with Crippen molar-refractivity contribution in [2.75, 3.05) is 9.80 Å². The minimum Gasteiger partial charge on any atom is -0.311 e. The van der Waals surface area contributed by atoms with Crippen molar-refractivity contribution >= 4 is 55.7 Å². The fourth-order valence-corrected chi connectivity index (χ4v) is 11.1. The van der Waals surface area contributed by atoms with E-state index in [1.54, 1.807) is 0 Å². The van der Waals surface area contributed by atoms with Gasteiger partial charge >= 0.3 is 0 Å². The first-order chi connectivity index (χ1) is 35.6. The van der Waals surface area contributed by atoms with Crippen LogP contribution in [0.15, 0.2) is 297 Å². The monoisotopic (exact) mass is 920 g/mol. The van der Waals surface area contributed by atoms with Gasteiger partial charge in [-0.2, -0.15) is 0 Å². The van der Waals surface area contributed by atoms with Crippen molar-refractivity contribution in [3.05, 3.63) is 314 Å². The fraction of sp³-hybridized carbons (Fsp3) is 0.0286. The Balaban J connectivity index is 1.03. The lowest BCUT2D eigenvalue weighted by atomic mass is 9.66. The van der Waals surface area contributed by atoms with Crippen LogP contribution in [0, 0.1) is 0 Å². The number of fused-ring (bicyclic) bond motifs is 8. The Morgan fingerprint density at radius 2 is 0.792 bits per heavy atom. The summed E-state index contributed by atoms with van der Waals surface area (Å²) in [6.45, 7) is 7.09. The number of rotatable bonds is 12. The molecule has 12 rings (SSSR count). The lowest BCUT2D eigenvalue weighted by Crippen LogP contribution is -2.29. The van der Waals surface area contributed by atoms with E-state index in [0.29, 0.717) is 0 Å². The summed E-state index contributed by atoms with van der Waals surface area (Å²) >= 11 is 0. The average molecular weight is 921 g/mol. The van der Waals surface area contributed by atoms with Gasteiger partial charge in [0.15, 0.2) is 0 Å². The van der Waals surface area contributed by atoms with Crippen LogP contribution in [0.4, 0.5) is 34.1 Å². The van der Waals surface area contributed by atoms with Gasteiger partial charge in [0, 0.05) is 34.1 Å². The molecule has 0 saturated carbocycles. The number of para-hydroxylation sites is 4. The number of nitrogens with zero attached hydrogens (tertiary/aromatic N) is 2. The van der Waals surface area contributed by atoms with Crippen molar-refractivity contribution in [1.29, 1.82) is 0 Å². The van der Waals surface area contributed by atoms with Gasteiger partial charge < -0.3 is 9.80 Å². The topological polar surface area (TPSA) is 6.48 Å². The van der Waals surface area contributed by atoms with Crippen LogP contribution in [0.25, 0.3) is 54.9 Å². The Kier molecular flexibility index (Phi) is 11.6. The number of allylic oxidation sites excluding steroid dienone is 5. The van der Waals surface area contributed by atoms with Gasteiger partial charge in [0.05, 0.1) is 5.41 Å². The van der Waals surface area contributed by atoms with Crippen LogP contribution >= 0.6 is 0 Å². The van der Waals surface area contributed by atoms with Crippen LogP contribution in [-0.2, 0) is 5.41 Å². The molecule has 0 spiro atoms. The number of hydrogen-bond donors (Lipinski definition) is 0. The Hall–Kier alpha value is -9.24. The van der Waals surface area contributed by atoms with Crippen molar-refractivity contribution < 1.29 is 0 Å². The van der Waals surface area contributed by atoms with Gasteiger partial charge in [0.1, 0.15) is 0 Å². The Labute approximate surface area is 423 Å². The quantitative estimate of drug-likeness (QED) is 0.0890. The van der Waals surface area contributed by atoms with E-state index >= 15 is 0 Å². The van der Waals surface area contributed by atoms with Crippen molar-refractivity contribution in [1.82, 2.24) is 0 Å². The van der Waals surface area contributed by atoms with E-state index < -0.39 is 5.41 Å². The predicted octanol–water partition coefficient (Wildman–Crippen LogP) is 19.3. The second kappa shape index (κ2) is 18.9. The number of benzene rings is 11. The smallest absolute Gasteiger partial charge is 0.0714 e. The highest BCUT2D eigenvalue weighted by Gasteiger charge is 2.48. The summed E-state index contributed by atoms with van der Waals surface area (Å²) in [7, 11) is 0. The second-order valence-corrected chi connectivity index (χ2v) is 18.4. The van der Waals surface area contributed by atoms with Crippen LogP contribution in [-0.4, -0.2) is 0 Å². The van der Waals surface area contributed by atoms with Crippen LogP contribution < -0.4 is 9.80 Å². The zero-order chi connectivity index (χ0) is 48.4. The molecule has 2 heteroatoms. The minimum absolute atomic E-state index is 0.721. The van der Waals surface area contributed by atoms with E-state index in [4.69, 9.17) is 6.58 Å². The van der Waals surface area contributed by atoms with E-state index in [9.17, 15) is 0 Å². The van der Waals surface area contributed by atoms with Gasteiger partial charge in [-0.1, -0.05) is 207 Å². The highest BCUT2D eigenvalue weighted by atomic mass is 15.1. The molecule has 72 heavy (non-hydrogen) atoms. The Morgan fingerprint density at radius 1 is 0.375 bits per heavy atom. The lowest BCUT2D eigenvalue weighted by Gasteiger charge is -2.35. The maximum absolute atomic E-state index is 5.03. The maximum atomic E-state index is 5.03. The summed E-state index contributed by atoms with van der Waals surface area (Å²) in [4.78, 5) is 4.62. The molecule has 1 atom stereocenters. The van der Waals surface area contributed by atoms with E-state index in [1.807, 2.05) is 0 Å². The molecular formula is C70H52N2. The molecule has 0 heterocycles. The molecule has 0 radical (unpaired) electrons. The molecule has 0 fully saturated rings. The largest absolute Gasteiger partial charge is 0.311 e. The third kappa shape index (κ3) is 7.62. The molecule has 0 amide bonds. The molecule has 0 aliphatic heterocycles. The van der Waals surface area contributed by atoms with E-state index in [2.05, 4.69) is 302 Å². The standard InChI is InChI=1S/C70H52N2/c1-3-4-10-23-50(2)70(55-24-11-5-12-25-55)67-49-54(52-38-44-61(45-39-52)72(58-30-17-8-18-31-58)59-32-19-9-20-33-59)41-47-65(67)68-63-35-22-21-34-62(63)66-48-53(40-46-64(66)69(68)70)51-36-42-60(43-37-51)71(56-26-13-6-14-27-56)57-28-15-7-16-29-57/h3-49H,2H2,1H3/b4-3-,23-10-. The SMILES string of the molecule is C=C(/C=C\C=C/C)C1(c2ccccc2)c2cc(-c3ccc(N(c4ccccc4)c4ccccc4)cc3)ccc2-c2c1c1ccc(-c3ccc(N(c4ccccc4)c4ccccc4)cc3)cc1c1ccccc21. The average Bonchev–Trinajstić information content (AvgIpc) is 3.77. The van der Waals surface area contributed by atoms with Crippen LogP contribution in [0.2, 0.25) is 0 Å². The van der Waals surface area contributed by atoms with E-state index in [1.165, 1.54) is 54.9 Å². The molecule has 1 unspecified atom stereocenters. The third-order valence-electron chi connectivity index (χ3n) is 14.4. The highest BCUT2D eigenvalue weighted by Crippen LogP contribution is 2.61. The van der Waals surface area contributed by atoms with E-state index in [0.717, 1.165) is 56.4 Å². The first-order valence-electron chi connectivity index (χ1n) is 24.8. The number of hydrogen-bond acceptors (Lipinski definition) is 2. The van der Waals surface area contributed by atoms with Gasteiger partial charge in [0.2, 0.25) is 0 Å². The summed E-state index contributed by atoms with van der Waals surface area (Å²) < 4.78 is 0. The molecule has 11 aromatic rings. The predicted molar refractivity (Wildman–Crippen MR) is 307 cm³/mol. The second-order valence-electron chi connectivity index (χ2n) is 18.4. The summed E-state index contributed by atoms with van der Waals surface area (Å²) in [5.74, 6) is 0. The molecule has 2 nitrogen and oxygen atoms in total. The highest BCUT2D eigenvalue weighted by molar-refractivity contribution is 6.20. The van der Waals surface area contributed by atoms with Gasteiger partial charge in [-0.15, -0.1) is 0 Å². The molecule has 0 saturated heterocycles. The molecule has 11 aromatic carbocycles. The van der Waals surface area contributed by atoms with Crippen LogP contribution in [0.5, 0.6) is 0 Å². The summed E-state index contributed by atoms with van der Waals surface area (Å²) in [6, 6.07) is 94.7. The van der Waals surface area contributed by atoms with Gasteiger partial charge in [-0.25, -0.2) is 0 Å². The van der Waals surface area contributed by atoms with Crippen molar-refractivity contribution in [2.45, 2.75) is 12.3 Å². The summed E-state index contributed by atoms with van der Waals surface area (Å²) in [5, 5.41) is 4.90. The van der Waals surface area contributed by atoms with Crippen molar-refractivity contribution in [3.8, 4) is 33.4 Å². The normalized spacial score (nSPS) is 13.9. The zero-order valence-electron chi connectivity index (χ0n) is 40.2. The van der Waals surface area contributed by atoms with E-state index in [-0.39, 0.29) is 0 Å². The molecule has 1 aliphatic carbocycles. The molecule has 342 valence electrons. The number of anilines is 6. The molecule has 0 bridgehead atoms. The zero-order valence-corrected chi connectivity index (χ0v) is 40.2. The maximum Gasteiger partial charge on any atom is 0.0714 e. The van der Waals surface area contributed by atoms with Gasteiger partial charge in [-0.05, 0) is 169 Å². The van der Waals surface area contributed by atoms with Crippen LogP contribution in [0.3, 0.4) is 0 Å². The molecule has 0 N–H and O–H groups in total.